The summed E-state index contributed by atoms with van der Waals surface area (Å²) in [6.07, 6.45) is 3.39. The van der Waals surface area contributed by atoms with Crippen molar-refractivity contribution in [1.29, 1.82) is 0 Å². The van der Waals surface area contributed by atoms with Crippen LogP contribution in [0.4, 0.5) is 0 Å². The lowest BCUT2D eigenvalue weighted by molar-refractivity contribution is -0.123. The zero-order valence-corrected chi connectivity index (χ0v) is 14.1. The summed E-state index contributed by atoms with van der Waals surface area (Å²) in [5, 5.41) is 11.6. The van der Waals surface area contributed by atoms with Crippen molar-refractivity contribution < 1.29 is 4.79 Å². The van der Waals surface area contributed by atoms with E-state index in [1.165, 1.54) is 0 Å². The van der Waals surface area contributed by atoms with E-state index in [0.29, 0.717) is 0 Å². The molecule has 0 radical (unpaired) electrons. The lowest BCUT2D eigenvalue weighted by atomic mass is 9.92. The lowest BCUT2D eigenvalue weighted by Gasteiger charge is -2.31. The molecule has 0 aliphatic carbocycles. The fourth-order valence-electron chi connectivity index (χ4n) is 2.61. The highest BCUT2D eigenvalue weighted by Gasteiger charge is 2.30. The van der Waals surface area contributed by atoms with E-state index in [4.69, 9.17) is 0 Å². The number of carbonyl (C=O) groups excluding carboxylic acids is 1. The Labute approximate surface area is 140 Å². The summed E-state index contributed by atoms with van der Waals surface area (Å²) in [5.74, 6) is -0.0671. The van der Waals surface area contributed by atoms with Gasteiger partial charge in [-0.1, -0.05) is 44.2 Å². The van der Waals surface area contributed by atoms with Gasteiger partial charge >= 0.3 is 0 Å². The molecule has 3 aromatic rings. The number of nitrogens with zero attached hydrogens (tertiary/aromatic N) is 4. The first-order chi connectivity index (χ1) is 11.4. The maximum atomic E-state index is 12.5. The number of hydrogen-bond donors (Lipinski definition) is 1. The first-order valence-corrected chi connectivity index (χ1v) is 7.93. The Morgan fingerprint density at radius 3 is 2.71 bits per heavy atom. The van der Waals surface area contributed by atoms with E-state index >= 15 is 0 Å². The van der Waals surface area contributed by atoms with Gasteiger partial charge in [-0.05, 0) is 23.8 Å². The first-order valence-electron chi connectivity index (χ1n) is 7.93. The average Bonchev–Trinajstić information content (AvgIpc) is 2.96. The standard InChI is InChI=1S/C18H21N5O/c1-18(2,3)17(20-16(24)11-13-7-6-10-19-12-13)23-15-9-5-4-8-14(15)21-22-23/h4-10,12,17H,11H2,1-3H3,(H,20,24). The Morgan fingerprint density at radius 1 is 1.21 bits per heavy atom. The summed E-state index contributed by atoms with van der Waals surface area (Å²) in [6, 6.07) is 11.5. The number of para-hydroxylation sites is 1. The number of rotatable bonds is 4. The first kappa shape index (κ1) is 16.1. The Bertz CT molecular complexity index is 835. The van der Waals surface area contributed by atoms with Crippen molar-refractivity contribution in [2.75, 3.05) is 0 Å². The van der Waals surface area contributed by atoms with Crippen molar-refractivity contribution >= 4 is 16.9 Å². The van der Waals surface area contributed by atoms with Gasteiger partial charge in [0.25, 0.3) is 0 Å². The van der Waals surface area contributed by atoms with Gasteiger partial charge in [-0.2, -0.15) is 0 Å². The van der Waals surface area contributed by atoms with Crippen molar-refractivity contribution in [2.45, 2.75) is 33.4 Å². The lowest BCUT2D eigenvalue weighted by Crippen LogP contribution is -2.41. The molecule has 0 saturated heterocycles. The molecule has 2 heterocycles. The third kappa shape index (κ3) is 3.42. The van der Waals surface area contributed by atoms with Gasteiger partial charge in [-0.15, -0.1) is 5.10 Å². The summed E-state index contributed by atoms with van der Waals surface area (Å²) in [5.41, 5.74) is 2.37. The molecule has 0 aliphatic heterocycles. The SMILES string of the molecule is CC(C)(C)C(NC(=O)Cc1cccnc1)n1nnc2ccccc21. The predicted octanol–water partition coefficient (Wildman–Crippen LogP) is 2.73. The normalized spacial score (nSPS) is 13.0. The molecule has 1 amide bonds. The Balaban J connectivity index is 1.86. The average molecular weight is 323 g/mol. The highest BCUT2D eigenvalue weighted by Crippen LogP contribution is 2.30. The summed E-state index contributed by atoms with van der Waals surface area (Å²) in [7, 11) is 0. The topological polar surface area (TPSA) is 72.7 Å². The van der Waals surface area contributed by atoms with Gasteiger partial charge < -0.3 is 5.32 Å². The molecule has 3 rings (SSSR count). The smallest absolute Gasteiger partial charge is 0.226 e. The monoisotopic (exact) mass is 323 g/mol. The van der Waals surface area contributed by atoms with Gasteiger partial charge in [0.15, 0.2) is 0 Å². The molecule has 24 heavy (non-hydrogen) atoms. The van der Waals surface area contributed by atoms with Crippen LogP contribution >= 0.6 is 0 Å². The van der Waals surface area contributed by atoms with E-state index < -0.39 is 0 Å². The molecule has 1 aromatic carbocycles. The molecule has 6 nitrogen and oxygen atoms in total. The number of fused-ring (bicyclic) bond motifs is 1. The van der Waals surface area contributed by atoms with Gasteiger partial charge in [0.1, 0.15) is 11.7 Å². The molecule has 1 atom stereocenters. The van der Waals surface area contributed by atoms with Crippen molar-refractivity contribution in [2.24, 2.45) is 5.41 Å². The molecular formula is C18H21N5O. The molecule has 0 aliphatic rings. The Kier molecular flexibility index (Phi) is 4.29. The van der Waals surface area contributed by atoms with Gasteiger partial charge in [0, 0.05) is 17.8 Å². The zero-order chi connectivity index (χ0) is 17.2. The van der Waals surface area contributed by atoms with Crippen molar-refractivity contribution in [1.82, 2.24) is 25.3 Å². The molecule has 0 fully saturated rings. The summed E-state index contributed by atoms with van der Waals surface area (Å²) in [6.45, 7) is 6.20. The van der Waals surface area contributed by atoms with Crippen LogP contribution in [-0.2, 0) is 11.2 Å². The van der Waals surface area contributed by atoms with Crippen LogP contribution in [0.2, 0.25) is 0 Å². The fourth-order valence-corrected chi connectivity index (χ4v) is 2.61. The van der Waals surface area contributed by atoms with Crippen LogP contribution in [0, 0.1) is 5.41 Å². The minimum Gasteiger partial charge on any atom is -0.333 e. The third-order valence-corrected chi connectivity index (χ3v) is 3.83. The maximum Gasteiger partial charge on any atom is 0.226 e. The number of carbonyl (C=O) groups is 1. The zero-order valence-electron chi connectivity index (χ0n) is 14.1. The maximum absolute atomic E-state index is 12.5. The van der Waals surface area contributed by atoms with E-state index in [1.54, 1.807) is 17.1 Å². The van der Waals surface area contributed by atoms with E-state index in [-0.39, 0.29) is 23.9 Å². The molecule has 2 aromatic heterocycles. The van der Waals surface area contributed by atoms with Gasteiger partial charge in [0.05, 0.1) is 11.9 Å². The van der Waals surface area contributed by atoms with E-state index in [9.17, 15) is 4.79 Å². The molecule has 0 saturated carbocycles. The van der Waals surface area contributed by atoms with Crippen LogP contribution in [0.1, 0.15) is 32.5 Å². The second kappa shape index (κ2) is 6.39. The second-order valence-electron chi connectivity index (χ2n) is 6.90. The number of nitrogens with one attached hydrogen (secondary N) is 1. The van der Waals surface area contributed by atoms with Crippen LogP contribution < -0.4 is 5.32 Å². The number of benzene rings is 1. The van der Waals surface area contributed by atoms with Crippen LogP contribution in [0.3, 0.4) is 0 Å². The van der Waals surface area contributed by atoms with Crippen molar-refractivity contribution in [3.63, 3.8) is 0 Å². The second-order valence-corrected chi connectivity index (χ2v) is 6.90. The molecule has 0 spiro atoms. The molecule has 6 heteroatoms. The number of pyridine rings is 1. The van der Waals surface area contributed by atoms with Gasteiger partial charge in [-0.3, -0.25) is 9.78 Å². The number of hydrogen-bond acceptors (Lipinski definition) is 4. The highest BCUT2D eigenvalue weighted by molar-refractivity contribution is 5.79. The van der Waals surface area contributed by atoms with Crippen LogP contribution in [0.15, 0.2) is 48.8 Å². The van der Waals surface area contributed by atoms with E-state index in [0.717, 1.165) is 16.6 Å². The highest BCUT2D eigenvalue weighted by atomic mass is 16.1. The minimum atomic E-state index is -0.297. The quantitative estimate of drug-likeness (QED) is 0.801. The molecular weight excluding hydrogens is 302 g/mol. The third-order valence-electron chi connectivity index (χ3n) is 3.83. The van der Waals surface area contributed by atoms with Crippen LogP contribution in [-0.4, -0.2) is 25.9 Å². The molecule has 1 unspecified atom stereocenters. The van der Waals surface area contributed by atoms with Crippen molar-refractivity contribution in [3.8, 4) is 0 Å². The predicted molar refractivity (Wildman–Crippen MR) is 92.1 cm³/mol. The Morgan fingerprint density at radius 2 is 2.00 bits per heavy atom. The van der Waals surface area contributed by atoms with Crippen molar-refractivity contribution in [3.05, 3.63) is 54.4 Å². The summed E-state index contributed by atoms with van der Waals surface area (Å²) >= 11 is 0. The molecule has 0 bridgehead atoms. The molecule has 124 valence electrons. The summed E-state index contributed by atoms with van der Waals surface area (Å²) < 4.78 is 1.79. The number of amides is 1. The largest absolute Gasteiger partial charge is 0.333 e. The van der Waals surface area contributed by atoms with Crippen LogP contribution in [0.25, 0.3) is 11.0 Å². The van der Waals surface area contributed by atoms with Gasteiger partial charge in [-0.25, -0.2) is 4.68 Å². The van der Waals surface area contributed by atoms with Crippen LogP contribution in [0.5, 0.6) is 0 Å². The minimum absolute atomic E-state index is 0.0671. The van der Waals surface area contributed by atoms with E-state index in [1.807, 2.05) is 36.4 Å². The van der Waals surface area contributed by atoms with E-state index in [2.05, 4.69) is 41.4 Å². The molecule has 1 N–H and O–H groups in total. The summed E-state index contributed by atoms with van der Waals surface area (Å²) in [4.78, 5) is 16.5. The Hall–Kier alpha value is -2.76. The fraction of sp³-hybridized carbons (Fsp3) is 0.333. The number of aromatic nitrogens is 4. The van der Waals surface area contributed by atoms with Gasteiger partial charge in [0.2, 0.25) is 5.91 Å².